The topological polar surface area (TPSA) is 160 Å². The highest BCUT2D eigenvalue weighted by atomic mass is 35.5. The van der Waals surface area contributed by atoms with Gasteiger partial charge in [-0.3, -0.25) is 19.2 Å². The van der Waals surface area contributed by atoms with Gasteiger partial charge in [-0.1, -0.05) is 6.92 Å². The first-order valence-electron chi connectivity index (χ1n) is 13.2. The fourth-order valence-corrected chi connectivity index (χ4v) is 8.65. The van der Waals surface area contributed by atoms with Crippen LogP contribution in [0, 0.1) is 17.3 Å². The highest BCUT2D eigenvalue weighted by molar-refractivity contribution is 6.22. The molecule has 6 rings (SSSR count). The second kappa shape index (κ2) is 8.51. The van der Waals surface area contributed by atoms with Gasteiger partial charge in [0.05, 0.1) is 30.1 Å². The lowest BCUT2D eigenvalue weighted by Crippen LogP contribution is -2.69. The third kappa shape index (κ3) is 3.44. The molecule has 5 heterocycles. The Labute approximate surface area is 229 Å². The van der Waals surface area contributed by atoms with E-state index in [1.807, 2.05) is 0 Å². The van der Waals surface area contributed by atoms with Crippen LogP contribution in [0.25, 0.3) is 0 Å². The summed E-state index contributed by atoms with van der Waals surface area (Å²) in [6.07, 6.45) is -5.05. The molecule has 39 heavy (non-hydrogen) atoms. The number of fused-ring (bicyclic) bond motifs is 5. The highest BCUT2D eigenvalue weighted by Gasteiger charge is 2.85. The number of carbonyl (C=O) groups is 4. The minimum absolute atomic E-state index is 0.291. The third-order valence-electron chi connectivity index (χ3n) is 9.90. The molecule has 0 unspecified atom stereocenters. The molecule has 6 fully saturated rings. The van der Waals surface area contributed by atoms with Crippen molar-refractivity contribution in [3.63, 3.8) is 0 Å². The molecule has 2 bridgehead atoms. The zero-order valence-electron chi connectivity index (χ0n) is 22.3. The Hall–Kier alpha value is -1.99. The summed E-state index contributed by atoms with van der Waals surface area (Å²) < 4.78 is 42.7. The van der Waals surface area contributed by atoms with Crippen LogP contribution in [-0.2, 0) is 52.3 Å². The van der Waals surface area contributed by atoms with Crippen LogP contribution in [0.1, 0.15) is 47.5 Å². The lowest BCUT2D eigenvalue weighted by Gasteiger charge is -2.56. The molecule has 0 radical (unpaired) electrons. The lowest BCUT2D eigenvalue weighted by molar-refractivity contribution is -0.255. The number of ether oxygens (including phenoxy) is 7. The van der Waals surface area contributed by atoms with Crippen molar-refractivity contribution in [3.05, 3.63) is 0 Å². The van der Waals surface area contributed by atoms with Gasteiger partial charge in [0.1, 0.15) is 41.5 Å². The van der Waals surface area contributed by atoms with Crippen LogP contribution in [0.4, 0.5) is 0 Å². The van der Waals surface area contributed by atoms with Crippen LogP contribution in [0.15, 0.2) is 0 Å². The summed E-state index contributed by atoms with van der Waals surface area (Å²) in [5, 5.41) is 9.67. The second-order valence-electron chi connectivity index (χ2n) is 12.0. The predicted octanol–water partition coefficient (Wildman–Crippen LogP) is 0.417. The summed E-state index contributed by atoms with van der Waals surface area (Å²) >= 11 is 6.97. The number of aliphatic hydroxyl groups excluding tert-OH is 1. The van der Waals surface area contributed by atoms with E-state index in [1.54, 1.807) is 13.8 Å². The molecule has 1 saturated carbocycles. The van der Waals surface area contributed by atoms with E-state index in [0.29, 0.717) is 19.4 Å². The smallest absolute Gasteiger partial charge is 0.312 e. The first-order valence-corrected chi connectivity index (χ1v) is 13.7. The minimum atomic E-state index is -1.65. The summed E-state index contributed by atoms with van der Waals surface area (Å²) in [6, 6.07) is 0. The molecule has 1 aliphatic carbocycles. The lowest BCUT2D eigenvalue weighted by atomic mass is 9.52. The average molecular weight is 573 g/mol. The molecule has 1 N–H and O–H groups in total. The number of epoxide rings is 2. The van der Waals surface area contributed by atoms with Gasteiger partial charge >= 0.3 is 23.9 Å². The molecule has 5 saturated heterocycles. The summed E-state index contributed by atoms with van der Waals surface area (Å²) in [7, 11) is 0. The quantitative estimate of drug-likeness (QED) is 0.214. The summed E-state index contributed by atoms with van der Waals surface area (Å²) in [5.74, 6) is -4.20. The Morgan fingerprint density at radius 3 is 2.23 bits per heavy atom. The summed E-state index contributed by atoms with van der Waals surface area (Å²) in [5.41, 5.74) is -5.36. The zero-order valence-corrected chi connectivity index (χ0v) is 23.1. The van der Waals surface area contributed by atoms with Gasteiger partial charge in [0, 0.05) is 26.7 Å². The van der Waals surface area contributed by atoms with E-state index in [2.05, 4.69) is 0 Å². The van der Waals surface area contributed by atoms with E-state index in [4.69, 9.17) is 44.8 Å². The minimum Gasteiger partial charge on any atom is -0.462 e. The molecule has 216 valence electrons. The maximum Gasteiger partial charge on any atom is 0.312 e. The van der Waals surface area contributed by atoms with Gasteiger partial charge < -0.3 is 38.3 Å². The molecule has 0 aromatic carbocycles. The van der Waals surface area contributed by atoms with Crippen molar-refractivity contribution < 1.29 is 57.4 Å². The molecule has 13 heteroatoms. The molecule has 12 nitrogen and oxygen atoms in total. The SMILES string of the molecule is CC(=O)O[C@@H]1[C@H]2O[C@@H]2[C@@]2(CO)O[C@@]3([C@H](C)C(=O)O[C@@H]3[C@@H]2Cl)[C@H](OC(C)=O)[C@@H]2[C@@]3(CC[C@@H](OC(C)=O)[C@@]12C)CO3. The number of halogens is 1. The van der Waals surface area contributed by atoms with Crippen LogP contribution >= 0.6 is 11.6 Å². The van der Waals surface area contributed by atoms with Crippen molar-refractivity contribution in [3.8, 4) is 0 Å². The Morgan fingerprint density at radius 2 is 1.67 bits per heavy atom. The number of carbonyl (C=O) groups excluding carboxylic acids is 4. The number of hydrogen-bond donors (Lipinski definition) is 1. The predicted molar refractivity (Wildman–Crippen MR) is 127 cm³/mol. The zero-order chi connectivity index (χ0) is 28.3. The summed E-state index contributed by atoms with van der Waals surface area (Å²) in [4.78, 5) is 50.7. The van der Waals surface area contributed by atoms with Crippen molar-refractivity contribution >= 4 is 35.5 Å². The molecule has 6 aliphatic rings. The van der Waals surface area contributed by atoms with Gasteiger partial charge in [-0.25, -0.2) is 0 Å². The molecule has 5 aliphatic heterocycles. The van der Waals surface area contributed by atoms with E-state index in [1.165, 1.54) is 20.8 Å². The third-order valence-corrected chi connectivity index (χ3v) is 10.5. The van der Waals surface area contributed by atoms with Crippen molar-refractivity contribution in [1.29, 1.82) is 0 Å². The number of aliphatic hydroxyl groups is 1. The van der Waals surface area contributed by atoms with E-state index in [-0.39, 0.29) is 0 Å². The highest BCUT2D eigenvalue weighted by Crippen LogP contribution is 2.68. The van der Waals surface area contributed by atoms with E-state index >= 15 is 0 Å². The first-order chi connectivity index (χ1) is 18.3. The molecule has 0 amide bonds. The molecular formula is C26H33ClO12. The molecule has 13 atom stereocenters. The fourth-order valence-electron chi connectivity index (χ4n) is 8.16. The molecular weight excluding hydrogens is 540 g/mol. The van der Waals surface area contributed by atoms with Gasteiger partial charge in [-0.2, -0.15) is 0 Å². The van der Waals surface area contributed by atoms with E-state index in [0.717, 1.165) is 0 Å². The first kappa shape index (κ1) is 27.2. The number of esters is 4. The van der Waals surface area contributed by atoms with Crippen molar-refractivity contribution in [2.45, 2.75) is 106 Å². The standard InChI is InChI=1S/C26H33ClO12/c1-10-22(32)38-21-17(27)25(8-28)19-15(37-19)18(35-12(3)30)23(5)14(34-11(2)29)6-7-24(9-33-24)16(23)20(36-13(4)31)26(10,21)39-25/h10,14-21,28H,6-9H2,1-5H3/t10-,14-,15-,16+,17+,18-,19+,20-,21-,23-,24-,25+,26+/m1/s1. The van der Waals surface area contributed by atoms with E-state index in [9.17, 15) is 24.3 Å². The van der Waals surface area contributed by atoms with Crippen molar-refractivity contribution in [2.24, 2.45) is 17.3 Å². The van der Waals surface area contributed by atoms with Crippen LogP contribution in [0.3, 0.4) is 0 Å². The monoisotopic (exact) mass is 572 g/mol. The Bertz CT molecular complexity index is 1120. The largest absolute Gasteiger partial charge is 0.462 e. The number of rotatable bonds is 4. The number of hydrogen-bond acceptors (Lipinski definition) is 12. The van der Waals surface area contributed by atoms with E-state index < -0.39 is 107 Å². The maximum atomic E-state index is 13.1. The maximum absolute atomic E-state index is 13.1. The Kier molecular flexibility index (Phi) is 5.93. The van der Waals surface area contributed by atoms with Gasteiger partial charge in [0.2, 0.25) is 0 Å². The molecule has 0 aromatic heterocycles. The van der Waals surface area contributed by atoms with Gasteiger partial charge in [0.25, 0.3) is 0 Å². The van der Waals surface area contributed by atoms with Crippen molar-refractivity contribution in [2.75, 3.05) is 13.2 Å². The normalized spacial score (nSPS) is 52.7. The van der Waals surface area contributed by atoms with Gasteiger partial charge in [0.15, 0.2) is 11.7 Å². The Balaban J connectivity index is 1.64. The Morgan fingerprint density at radius 1 is 1.05 bits per heavy atom. The van der Waals surface area contributed by atoms with Crippen LogP contribution in [0.2, 0.25) is 0 Å². The molecule has 0 aromatic rings. The average Bonchev–Trinajstić information content (AvgIpc) is 3.77. The fraction of sp³-hybridized carbons (Fsp3) is 0.846. The van der Waals surface area contributed by atoms with Crippen LogP contribution in [-0.4, -0.2) is 101 Å². The molecule has 2 spiro atoms. The van der Waals surface area contributed by atoms with Gasteiger partial charge in [-0.05, 0) is 19.8 Å². The second-order valence-corrected chi connectivity index (χ2v) is 12.4. The van der Waals surface area contributed by atoms with Crippen molar-refractivity contribution in [1.82, 2.24) is 0 Å². The number of alkyl halides is 1. The van der Waals surface area contributed by atoms with Crippen LogP contribution in [0.5, 0.6) is 0 Å². The van der Waals surface area contributed by atoms with Crippen LogP contribution < -0.4 is 0 Å². The summed E-state index contributed by atoms with van der Waals surface area (Å²) in [6.45, 7) is 6.87. The van der Waals surface area contributed by atoms with Gasteiger partial charge in [-0.15, -0.1) is 11.6 Å².